The van der Waals surface area contributed by atoms with Gasteiger partial charge in [-0.25, -0.2) is 18.2 Å². The Morgan fingerprint density at radius 3 is 2.44 bits per heavy atom. The highest BCUT2D eigenvalue weighted by atomic mass is 32.2. The van der Waals surface area contributed by atoms with E-state index >= 15 is 0 Å². The summed E-state index contributed by atoms with van der Waals surface area (Å²) in [5, 5.41) is 9.57. The fourth-order valence-corrected chi connectivity index (χ4v) is 4.11. The third-order valence-corrected chi connectivity index (χ3v) is 6.16. The Hall–Kier alpha value is -2.61. The second-order valence-corrected chi connectivity index (χ2v) is 8.67. The predicted octanol–water partition coefficient (Wildman–Crippen LogP) is 3.13. The van der Waals surface area contributed by atoms with Crippen molar-refractivity contribution in [3.8, 4) is 0 Å². The van der Waals surface area contributed by atoms with Gasteiger partial charge in [0.2, 0.25) is 0 Å². The summed E-state index contributed by atoms with van der Waals surface area (Å²) >= 11 is 0. The quantitative estimate of drug-likeness (QED) is 0.815. The van der Waals surface area contributed by atoms with Crippen molar-refractivity contribution < 1.29 is 18.3 Å². The molecule has 1 saturated heterocycles. The number of piperidine rings is 1. The van der Waals surface area contributed by atoms with Crippen molar-refractivity contribution in [1.29, 1.82) is 0 Å². The first kappa shape index (κ1) is 19.2. The fourth-order valence-electron chi connectivity index (χ4n) is 3.07. The van der Waals surface area contributed by atoms with E-state index in [2.05, 4.69) is 16.6 Å². The molecule has 1 aromatic carbocycles. The molecule has 0 atom stereocenters. The van der Waals surface area contributed by atoms with Gasteiger partial charge in [0.05, 0.1) is 16.8 Å². The average molecular weight is 389 g/mol. The van der Waals surface area contributed by atoms with Gasteiger partial charge < -0.3 is 10.0 Å². The number of nitrogens with one attached hydrogen (secondary N) is 1. The van der Waals surface area contributed by atoms with Crippen LogP contribution in [-0.2, 0) is 10.0 Å². The summed E-state index contributed by atoms with van der Waals surface area (Å²) in [7, 11) is -3.81. The Morgan fingerprint density at radius 2 is 1.85 bits per heavy atom. The molecule has 0 radical (unpaired) electrons. The Morgan fingerprint density at radius 1 is 1.22 bits per heavy atom. The SMILES string of the molecule is Cc1ccc(S(=O)(=O)Nc2cnc(N3CCC(C)CC3)c(C(=O)O)c2)cc1. The molecule has 2 N–H and O–H groups in total. The molecule has 0 saturated carbocycles. The van der Waals surface area contributed by atoms with Crippen molar-refractivity contribution in [2.24, 2.45) is 5.92 Å². The summed E-state index contributed by atoms with van der Waals surface area (Å²) in [6.07, 6.45) is 3.32. The van der Waals surface area contributed by atoms with Crippen molar-refractivity contribution in [3.05, 3.63) is 47.7 Å². The van der Waals surface area contributed by atoms with Gasteiger partial charge in [-0.15, -0.1) is 0 Å². The predicted molar refractivity (Wildman–Crippen MR) is 104 cm³/mol. The van der Waals surface area contributed by atoms with E-state index in [-0.39, 0.29) is 16.1 Å². The lowest BCUT2D eigenvalue weighted by Gasteiger charge is -2.32. The number of carbonyl (C=O) groups is 1. The zero-order chi connectivity index (χ0) is 19.6. The Labute approximate surface area is 159 Å². The number of aromatic carboxylic acids is 1. The van der Waals surface area contributed by atoms with Crippen molar-refractivity contribution in [1.82, 2.24) is 4.98 Å². The van der Waals surface area contributed by atoms with E-state index < -0.39 is 16.0 Å². The number of nitrogens with zero attached hydrogens (tertiary/aromatic N) is 2. The number of aryl methyl sites for hydroxylation is 1. The molecule has 144 valence electrons. The van der Waals surface area contributed by atoms with Gasteiger partial charge in [-0.1, -0.05) is 24.6 Å². The van der Waals surface area contributed by atoms with Crippen LogP contribution in [0.15, 0.2) is 41.4 Å². The van der Waals surface area contributed by atoms with Crippen LogP contribution >= 0.6 is 0 Å². The number of hydrogen-bond donors (Lipinski definition) is 2. The highest BCUT2D eigenvalue weighted by Gasteiger charge is 2.23. The first-order chi connectivity index (χ1) is 12.8. The van der Waals surface area contributed by atoms with Gasteiger partial charge in [0.25, 0.3) is 10.0 Å². The molecule has 2 heterocycles. The van der Waals surface area contributed by atoms with Crippen molar-refractivity contribution in [2.75, 3.05) is 22.7 Å². The van der Waals surface area contributed by atoms with Crippen molar-refractivity contribution in [3.63, 3.8) is 0 Å². The van der Waals surface area contributed by atoms with Crippen LogP contribution in [0, 0.1) is 12.8 Å². The molecule has 0 aliphatic carbocycles. The minimum absolute atomic E-state index is 0.00587. The van der Waals surface area contributed by atoms with Gasteiger partial charge in [0, 0.05) is 13.1 Å². The van der Waals surface area contributed by atoms with Gasteiger partial charge >= 0.3 is 5.97 Å². The van der Waals surface area contributed by atoms with Crippen molar-refractivity contribution in [2.45, 2.75) is 31.6 Å². The molecular weight excluding hydrogens is 366 g/mol. The first-order valence-corrected chi connectivity index (χ1v) is 10.3. The van der Waals surface area contributed by atoms with Crippen LogP contribution in [0.2, 0.25) is 0 Å². The highest BCUT2D eigenvalue weighted by molar-refractivity contribution is 7.92. The zero-order valence-corrected chi connectivity index (χ0v) is 16.2. The van der Waals surface area contributed by atoms with Crippen LogP contribution in [0.4, 0.5) is 11.5 Å². The summed E-state index contributed by atoms with van der Waals surface area (Å²) in [5.74, 6) is -0.143. The average Bonchev–Trinajstić information content (AvgIpc) is 2.62. The number of aromatic nitrogens is 1. The Bertz CT molecular complexity index is 934. The molecule has 2 aromatic rings. The molecule has 0 bridgehead atoms. The molecule has 7 nitrogen and oxygen atoms in total. The molecule has 1 aromatic heterocycles. The number of carboxylic acid groups (broad SMARTS) is 1. The minimum atomic E-state index is -3.81. The summed E-state index contributed by atoms with van der Waals surface area (Å²) in [6, 6.07) is 7.75. The number of rotatable bonds is 5. The molecule has 0 amide bonds. The lowest BCUT2D eigenvalue weighted by molar-refractivity contribution is 0.0697. The van der Waals surface area contributed by atoms with E-state index in [0.29, 0.717) is 11.7 Å². The molecule has 0 spiro atoms. The third-order valence-electron chi connectivity index (χ3n) is 4.76. The minimum Gasteiger partial charge on any atom is -0.478 e. The molecule has 8 heteroatoms. The molecule has 1 aliphatic rings. The fraction of sp³-hybridized carbons (Fsp3) is 0.368. The van der Waals surface area contributed by atoms with Crippen LogP contribution in [0.3, 0.4) is 0 Å². The van der Waals surface area contributed by atoms with Crippen LogP contribution in [-0.4, -0.2) is 37.6 Å². The standard InChI is InChI=1S/C19H23N3O4S/c1-13-3-5-16(6-4-13)27(25,26)21-15-11-17(19(23)24)18(20-12-15)22-9-7-14(2)8-10-22/h3-6,11-12,14,21H,7-10H2,1-2H3,(H,23,24). The number of pyridine rings is 1. The van der Waals surface area contributed by atoms with Crippen LogP contribution in [0.5, 0.6) is 0 Å². The molecule has 0 unspecified atom stereocenters. The van der Waals surface area contributed by atoms with E-state index in [1.165, 1.54) is 24.4 Å². The lowest BCUT2D eigenvalue weighted by Crippen LogP contribution is -2.34. The monoisotopic (exact) mass is 389 g/mol. The molecule has 3 rings (SSSR count). The lowest BCUT2D eigenvalue weighted by atomic mass is 9.99. The van der Waals surface area contributed by atoms with E-state index in [9.17, 15) is 18.3 Å². The number of hydrogen-bond acceptors (Lipinski definition) is 5. The number of carboxylic acids is 1. The maximum absolute atomic E-state index is 12.5. The maximum Gasteiger partial charge on any atom is 0.339 e. The van der Waals surface area contributed by atoms with Gasteiger partial charge in [0.15, 0.2) is 0 Å². The van der Waals surface area contributed by atoms with E-state index in [0.717, 1.165) is 31.5 Å². The molecule has 27 heavy (non-hydrogen) atoms. The summed E-state index contributed by atoms with van der Waals surface area (Å²) in [5.41, 5.74) is 1.07. The highest BCUT2D eigenvalue weighted by Crippen LogP contribution is 2.27. The van der Waals surface area contributed by atoms with Gasteiger partial charge in [-0.2, -0.15) is 0 Å². The van der Waals surface area contributed by atoms with Gasteiger partial charge in [-0.05, 0) is 43.9 Å². The van der Waals surface area contributed by atoms with E-state index in [1.807, 2.05) is 11.8 Å². The summed E-state index contributed by atoms with van der Waals surface area (Å²) in [4.78, 5) is 18.0. The van der Waals surface area contributed by atoms with Crippen molar-refractivity contribution >= 4 is 27.5 Å². The topological polar surface area (TPSA) is 99.6 Å². The maximum atomic E-state index is 12.5. The normalized spacial score (nSPS) is 15.6. The number of anilines is 2. The van der Waals surface area contributed by atoms with Gasteiger partial charge in [0.1, 0.15) is 11.4 Å². The summed E-state index contributed by atoms with van der Waals surface area (Å²) < 4.78 is 27.5. The smallest absolute Gasteiger partial charge is 0.339 e. The van der Waals surface area contributed by atoms with Crippen LogP contribution in [0.25, 0.3) is 0 Å². The largest absolute Gasteiger partial charge is 0.478 e. The Kier molecular flexibility index (Phi) is 5.36. The molecule has 1 aliphatic heterocycles. The van der Waals surface area contributed by atoms with E-state index in [1.54, 1.807) is 12.1 Å². The number of sulfonamides is 1. The zero-order valence-electron chi connectivity index (χ0n) is 15.3. The van der Waals surface area contributed by atoms with Crippen LogP contribution in [0.1, 0.15) is 35.7 Å². The van der Waals surface area contributed by atoms with Gasteiger partial charge in [-0.3, -0.25) is 4.72 Å². The first-order valence-electron chi connectivity index (χ1n) is 8.84. The third kappa shape index (κ3) is 4.39. The summed E-state index contributed by atoms with van der Waals surface area (Å²) in [6.45, 7) is 5.52. The Balaban J connectivity index is 1.87. The number of benzene rings is 1. The van der Waals surface area contributed by atoms with E-state index in [4.69, 9.17) is 0 Å². The second kappa shape index (κ2) is 7.56. The molecule has 1 fully saturated rings. The van der Waals surface area contributed by atoms with Crippen LogP contribution < -0.4 is 9.62 Å². The second-order valence-electron chi connectivity index (χ2n) is 6.99. The molecular formula is C19H23N3O4S.